The molecular weight excluding hydrogens is 735 g/mol. The molecule has 51 heavy (non-hydrogen) atoms. The molecule has 278 valence electrons. The second-order valence-corrected chi connectivity index (χ2v) is 14.9. The Morgan fingerprint density at radius 3 is 1.78 bits per heavy atom. The van der Waals surface area contributed by atoms with Crippen LogP contribution in [0, 0.1) is 0 Å². The second kappa shape index (κ2) is 21.2. The first-order valence-corrected chi connectivity index (χ1v) is 19.8. The van der Waals surface area contributed by atoms with Crippen molar-refractivity contribution in [3.05, 3.63) is 34.8 Å². The van der Waals surface area contributed by atoms with Crippen molar-refractivity contribution in [2.24, 2.45) is 5.73 Å². The summed E-state index contributed by atoms with van der Waals surface area (Å²) in [6.45, 7) is 2.59. The van der Waals surface area contributed by atoms with E-state index in [1.165, 1.54) is 18.6 Å². The Balaban J connectivity index is 0.000000251. The van der Waals surface area contributed by atoms with E-state index in [1.54, 1.807) is 40.6 Å². The van der Waals surface area contributed by atoms with Gasteiger partial charge in [-0.15, -0.1) is 0 Å². The Morgan fingerprint density at radius 2 is 1.29 bits per heavy atom. The van der Waals surface area contributed by atoms with E-state index in [2.05, 4.69) is 35.9 Å². The van der Waals surface area contributed by atoms with Crippen molar-refractivity contribution in [1.82, 2.24) is 25.3 Å². The van der Waals surface area contributed by atoms with Crippen LogP contribution in [0.4, 0.5) is 11.6 Å². The van der Waals surface area contributed by atoms with Gasteiger partial charge in [-0.05, 0) is 74.0 Å². The molecule has 0 spiro atoms. The summed E-state index contributed by atoms with van der Waals surface area (Å²) in [6.07, 6.45) is 6.84. The molecule has 0 aliphatic carbocycles. The number of methoxy groups -OCH3 is 4. The third kappa shape index (κ3) is 12.1. The van der Waals surface area contributed by atoms with Crippen LogP contribution in [-0.4, -0.2) is 91.5 Å². The summed E-state index contributed by atoms with van der Waals surface area (Å²) in [5.41, 5.74) is 6.85. The normalized spacial score (nSPS) is 13.7. The molecule has 1 aliphatic heterocycles. The van der Waals surface area contributed by atoms with E-state index in [4.69, 9.17) is 47.9 Å². The van der Waals surface area contributed by atoms with E-state index in [0.717, 1.165) is 41.7 Å². The highest BCUT2D eigenvalue weighted by Gasteiger charge is 2.16. The summed E-state index contributed by atoms with van der Waals surface area (Å²) >= 11 is 12.0. The van der Waals surface area contributed by atoms with Gasteiger partial charge in [-0.2, -0.15) is 0 Å². The zero-order valence-corrected chi connectivity index (χ0v) is 32.5. The number of nitrogens with zero attached hydrogens (tertiary/aromatic N) is 4. The fraction of sp³-hybridized carbons (Fsp3) is 0.500. The number of hydrogen-bond acceptors (Lipinski definition) is 14. The standard InChI is InChI=1S/C21H29ClN4O3S2.C13H17ClN4O2/c1-28-17-12-15-16(13-18(17)29-2)25-21(22)26-20(15)24-10-5-9-23-19(27)7-4-3-6-14-8-11-30-31-14;1-19-10-6-8-9(7-11(10)20-2)17-13(14)18-12(8)16-5-3-4-15/h12-14H,3-11H2,1-2H3,(H,23,27)(H,24,25,26);6-7H,3-5,15H2,1-2H3,(H,16,17,18). The van der Waals surface area contributed by atoms with Crippen molar-refractivity contribution in [2.45, 2.75) is 50.2 Å². The number of carbonyl (C=O) groups is 1. The molecular formula is C34H46Cl2N8O5S2. The molecule has 4 aromatic rings. The number of anilines is 2. The van der Waals surface area contributed by atoms with Crippen LogP contribution in [0.5, 0.6) is 23.0 Å². The van der Waals surface area contributed by atoms with Gasteiger partial charge in [0.2, 0.25) is 16.5 Å². The first-order valence-electron chi connectivity index (χ1n) is 16.7. The molecule has 17 heteroatoms. The summed E-state index contributed by atoms with van der Waals surface area (Å²) in [7, 11) is 10.3. The molecule has 3 heterocycles. The van der Waals surface area contributed by atoms with E-state index in [-0.39, 0.29) is 16.5 Å². The number of fused-ring (bicyclic) bond motifs is 2. The smallest absolute Gasteiger partial charge is 0.224 e. The molecule has 0 radical (unpaired) electrons. The minimum Gasteiger partial charge on any atom is -0.493 e. The topological polar surface area (TPSA) is 168 Å². The van der Waals surface area contributed by atoms with E-state index < -0.39 is 0 Å². The molecule has 2 aromatic heterocycles. The van der Waals surface area contributed by atoms with Crippen LogP contribution in [0.2, 0.25) is 10.6 Å². The molecule has 1 aliphatic rings. The maximum absolute atomic E-state index is 12.0. The third-order valence-electron chi connectivity index (χ3n) is 7.90. The maximum Gasteiger partial charge on any atom is 0.224 e. The average Bonchev–Trinajstić information content (AvgIpc) is 3.66. The van der Waals surface area contributed by atoms with E-state index in [0.29, 0.717) is 78.3 Å². The summed E-state index contributed by atoms with van der Waals surface area (Å²) in [4.78, 5) is 29.0. The molecule has 5 rings (SSSR count). The van der Waals surface area contributed by atoms with Crippen LogP contribution in [-0.2, 0) is 4.79 Å². The minimum atomic E-state index is 0.126. The Morgan fingerprint density at radius 1 is 0.765 bits per heavy atom. The third-order valence-corrected chi connectivity index (χ3v) is 11.2. The van der Waals surface area contributed by atoms with Crippen molar-refractivity contribution >= 4 is 84.1 Å². The van der Waals surface area contributed by atoms with Gasteiger partial charge in [0.05, 0.1) is 39.5 Å². The van der Waals surface area contributed by atoms with Gasteiger partial charge in [-0.3, -0.25) is 4.79 Å². The number of benzene rings is 2. The predicted octanol–water partition coefficient (Wildman–Crippen LogP) is 6.99. The lowest BCUT2D eigenvalue weighted by atomic mass is 10.1. The Kier molecular flexibility index (Phi) is 16.8. The van der Waals surface area contributed by atoms with Crippen molar-refractivity contribution in [2.75, 3.05) is 71.0 Å². The molecule has 5 N–H and O–H groups in total. The molecule has 1 fully saturated rings. The summed E-state index contributed by atoms with van der Waals surface area (Å²) in [5, 5.41) is 12.2. The average molecular weight is 782 g/mol. The molecule has 1 saturated heterocycles. The van der Waals surface area contributed by atoms with Crippen LogP contribution in [0.3, 0.4) is 0 Å². The van der Waals surface area contributed by atoms with Gasteiger partial charge in [0.15, 0.2) is 23.0 Å². The summed E-state index contributed by atoms with van der Waals surface area (Å²) in [6, 6.07) is 7.21. The minimum absolute atomic E-state index is 0.126. The number of carbonyl (C=O) groups excluding carboxylic acids is 1. The Bertz CT molecular complexity index is 1740. The molecule has 1 amide bonds. The van der Waals surface area contributed by atoms with Gasteiger partial charge in [0.25, 0.3) is 0 Å². The number of amides is 1. The Hall–Kier alpha value is -3.37. The largest absolute Gasteiger partial charge is 0.493 e. The number of aromatic nitrogens is 4. The first-order chi connectivity index (χ1) is 24.8. The molecule has 2 aromatic carbocycles. The summed E-state index contributed by atoms with van der Waals surface area (Å²) in [5.74, 6) is 5.08. The zero-order valence-electron chi connectivity index (χ0n) is 29.4. The van der Waals surface area contributed by atoms with Gasteiger partial charge < -0.3 is 40.6 Å². The number of nitrogens with one attached hydrogen (secondary N) is 3. The van der Waals surface area contributed by atoms with Gasteiger partial charge in [0, 0.05) is 60.0 Å². The number of hydrogen-bond donors (Lipinski definition) is 4. The number of ether oxygens (including phenoxy) is 4. The van der Waals surface area contributed by atoms with E-state index in [9.17, 15) is 4.79 Å². The highest BCUT2D eigenvalue weighted by atomic mass is 35.5. The predicted molar refractivity (Wildman–Crippen MR) is 211 cm³/mol. The molecule has 0 bridgehead atoms. The lowest BCUT2D eigenvalue weighted by molar-refractivity contribution is -0.121. The Labute approximate surface area is 316 Å². The van der Waals surface area contributed by atoms with Crippen molar-refractivity contribution < 1.29 is 23.7 Å². The maximum atomic E-state index is 12.0. The first kappa shape index (κ1) is 40.4. The van der Waals surface area contributed by atoms with Crippen molar-refractivity contribution in [1.29, 1.82) is 0 Å². The quantitative estimate of drug-likeness (QED) is 0.0463. The highest BCUT2D eigenvalue weighted by molar-refractivity contribution is 8.77. The lowest BCUT2D eigenvalue weighted by Crippen LogP contribution is -2.25. The fourth-order valence-corrected chi connectivity index (χ4v) is 8.65. The van der Waals surface area contributed by atoms with Gasteiger partial charge in [-0.1, -0.05) is 28.0 Å². The number of halogens is 2. The van der Waals surface area contributed by atoms with E-state index >= 15 is 0 Å². The number of rotatable bonds is 18. The number of unbranched alkanes of at least 4 members (excludes halogenated alkanes) is 1. The second-order valence-electron chi connectivity index (χ2n) is 11.4. The molecule has 13 nitrogen and oxygen atoms in total. The van der Waals surface area contributed by atoms with E-state index in [1.807, 2.05) is 33.7 Å². The fourth-order valence-electron chi connectivity index (χ4n) is 5.27. The van der Waals surface area contributed by atoms with Gasteiger partial charge >= 0.3 is 0 Å². The van der Waals surface area contributed by atoms with Gasteiger partial charge in [0.1, 0.15) is 11.6 Å². The van der Waals surface area contributed by atoms with Crippen LogP contribution in [0.25, 0.3) is 21.8 Å². The SMILES string of the molecule is COc1cc2nc(Cl)nc(NCCCN)c2cc1OC.COc1cc2nc(Cl)nc(NCCCNC(=O)CCCCC3CCSS3)c2cc1OC. The zero-order chi connectivity index (χ0) is 36.6. The highest BCUT2D eigenvalue weighted by Crippen LogP contribution is 2.40. The molecule has 1 atom stereocenters. The van der Waals surface area contributed by atoms with Crippen LogP contribution in [0.1, 0.15) is 44.9 Å². The van der Waals surface area contributed by atoms with Crippen molar-refractivity contribution in [3.8, 4) is 23.0 Å². The van der Waals surface area contributed by atoms with Crippen LogP contribution < -0.4 is 40.6 Å². The molecule has 1 unspecified atom stereocenters. The summed E-state index contributed by atoms with van der Waals surface area (Å²) < 4.78 is 21.3. The van der Waals surface area contributed by atoms with Crippen LogP contribution >= 0.6 is 44.8 Å². The van der Waals surface area contributed by atoms with Gasteiger partial charge in [-0.25, -0.2) is 19.9 Å². The van der Waals surface area contributed by atoms with Crippen molar-refractivity contribution in [3.63, 3.8) is 0 Å². The van der Waals surface area contributed by atoms with Crippen LogP contribution in [0.15, 0.2) is 24.3 Å². The molecule has 0 saturated carbocycles. The monoisotopic (exact) mass is 780 g/mol. The lowest BCUT2D eigenvalue weighted by Gasteiger charge is -2.13. The number of nitrogens with two attached hydrogens (primary N) is 1.